The monoisotopic (exact) mass is 144 g/mol. The van der Waals surface area contributed by atoms with Crippen LogP contribution >= 0.6 is 0 Å². The molecular weight excluding hydrogens is 128 g/mol. The molecule has 2 nitrogen and oxygen atoms in total. The Morgan fingerprint density at radius 1 is 1.10 bits per heavy atom. The molecule has 0 aliphatic rings. The molecule has 2 heteroatoms. The third-order valence-electron chi connectivity index (χ3n) is 1.27. The lowest BCUT2D eigenvalue weighted by Gasteiger charge is -1.99. The van der Waals surface area contributed by atoms with E-state index in [1.165, 1.54) is 12.8 Å². The Morgan fingerprint density at radius 3 is 2.50 bits per heavy atom. The Kier molecular flexibility index (Phi) is 8.85. The molecule has 2 radical (unpaired) electrons. The van der Waals surface area contributed by atoms with Crippen LogP contribution in [0.2, 0.25) is 0 Å². The predicted molar refractivity (Wildman–Crippen MR) is 40.2 cm³/mol. The Balaban J connectivity index is 2.65. The van der Waals surface area contributed by atoms with Crippen LogP contribution in [0, 0.1) is 6.92 Å². The SMILES string of the molecule is [CH2]CCCCCOCC[O]. The Labute approximate surface area is 63.2 Å². The van der Waals surface area contributed by atoms with Gasteiger partial charge in [-0.15, -0.1) is 0 Å². The van der Waals surface area contributed by atoms with Crippen molar-refractivity contribution in [2.75, 3.05) is 19.8 Å². The van der Waals surface area contributed by atoms with Crippen LogP contribution in [0.25, 0.3) is 0 Å². The van der Waals surface area contributed by atoms with Gasteiger partial charge in [-0.25, -0.2) is 5.11 Å². The molecule has 0 unspecified atom stereocenters. The Hall–Kier alpha value is -0.0800. The van der Waals surface area contributed by atoms with E-state index >= 15 is 0 Å². The molecule has 10 heavy (non-hydrogen) atoms. The third-order valence-corrected chi connectivity index (χ3v) is 1.27. The molecule has 0 saturated heterocycles. The third kappa shape index (κ3) is 7.92. The van der Waals surface area contributed by atoms with E-state index in [4.69, 9.17) is 4.74 Å². The van der Waals surface area contributed by atoms with E-state index in [0.29, 0.717) is 6.61 Å². The molecule has 0 saturated carbocycles. The summed E-state index contributed by atoms with van der Waals surface area (Å²) in [5.41, 5.74) is 0. The Morgan fingerprint density at radius 2 is 1.90 bits per heavy atom. The predicted octanol–water partition coefficient (Wildman–Crippen LogP) is 1.83. The maximum Gasteiger partial charge on any atom is 0.106 e. The molecule has 0 aromatic carbocycles. The molecule has 0 N–H and O–H groups in total. The lowest BCUT2D eigenvalue weighted by molar-refractivity contribution is 0.0619. The van der Waals surface area contributed by atoms with Gasteiger partial charge in [-0.05, 0) is 6.42 Å². The standard InChI is InChI=1S/C8H16O2/c1-2-3-4-5-7-10-8-6-9/h1-8H2. The van der Waals surface area contributed by atoms with Gasteiger partial charge >= 0.3 is 0 Å². The minimum absolute atomic E-state index is 0.116. The van der Waals surface area contributed by atoms with Crippen molar-refractivity contribution in [3.05, 3.63) is 6.92 Å². The van der Waals surface area contributed by atoms with Gasteiger partial charge in [-0.3, -0.25) is 0 Å². The maximum atomic E-state index is 9.88. The molecule has 0 aromatic rings. The smallest absolute Gasteiger partial charge is 0.106 e. The van der Waals surface area contributed by atoms with Crippen molar-refractivity contribution in [3.8, 4) is 0 Å². The van der Waals surface area contributed by atoms with E-state index in [9.17, 15) is 5.11 Å². The fraction of sp³-hybridized carbons (Fsp3) is 0.875. The lowest BCUT2D eigenvalue weighted by atomic mass is 10.2. The first-order valence-corrected chi connectivity index (χ1v) is 3.87. The van der Waals surface area contributed by atoms with Crippen molar-refractivity contribution in [2.24, 2.45) is 0 Å². The fourth-order valence-corrected chi connectivity index (χ4v) is 0.719. The molecule has 0 amide bonds. The van der Waals surface area contributed by atoms with Gasteiger partial charge in [0.05, 0.1) is 6.61 Å². The summed E-state index contributed by atoms with van der Waals surface area (Å²) in [6.45, 7) is 4.72. The van der Waals surface area contributed by atoms with Crippen molar-refractivity contribution in [1.29, 1.82) is 0 Å². The molecule has 0 rings (SSSR count). The summed E-state index contributed by atoms with van der Waals surface area (Å²) >= 11 is 0. The molecule has 0 spiro atoms. The van der Waals surface area contributed by atoms with Gasteiger partial charge in [-0.1, -0.05) is 26.2 Å². The minimum atomic E-state index is -0.116. The largest absolute Gasteiger partial charge is 0.379 e. The van der Waals surface area contributed by atoms with Gasteiger partial charge in [0, 0.05) is 6.61 Å². The summed E-state index contributed by atoms with van der Waals surface area (Å²) in [4.78, 5) is 0. The highest BCUT2D eigenvalue weighted by Crippen LogP contribution is 1.97. The quantitative estimate of drug-likeness (QED) is 0.501. The second-order valence-electron chi connectivity index (χ2n) is 2.23. The molecule has 0 aliphatic carbocycles. The van der Waals surface area contributed by atoms with E-state index < -0.39 is 0 Å². The number of hydrogen-bond acceptors (Lipinski definition) is 1. The van der Waals surface area contributed by atoms with E-state index in [0.717, 1.165) is 19.4 Å². The molecule has 0 aliphatic heterocycles. The molecule has 0 bridgehead atoms. The van der Waals surface area contributed by atoms with Gasteiger partial charge in [0.25, 0.3) is 0 Å². The average Bonchev–Trinajstić information content (AvgIpc) is 1.97. The van der Waals surface area contributed by atoms with Gasteiger partial charge in [-0.2, -0.15) is 0 Å². The van der Waals surface area contributed by atoms with E-state index in [1.54, 1.807) is 0 Å². The zero-order valence-corrected chi connectivity index (χ0v) is 6.47. The molecule has 60 valence electrons. The van der Waals surface area contributed by atoms with E-state index in [-0.39, 0.29) is 6.61 Å². The first-order valence-electron chi connectivity index (χ1n) is 3.87. The summed E-state index contributed by atoms with van der Waals surface area (Å²) in [5.74, 6) is 0. The highest BCUT2D eigenvalue weighted by molar-refractivity contribution is 4.43. The summed E-state index contributed by atoms with van der Waals surface area (Å²) in [5, 5.41) is 9.88. The normalized spacial score (nSPS) is 10.2. The number of rotatable bonds is 7. The summed E-state index contributed by atoms with van der Waals surface area (Å²) in [6.07, 6.45) is 4.40. The van der Waals surface area contributed by atoms with Crippen LogP contribution in [-0.4, -0.2) is 19.8 Å². The molecule has 0 fully saturated rings. The molecule has 0 atom stereocenters. The minimum Gasteiger partial charge on any atom is -0.379 e. The van der Waals surface area contributed by atoms with Crippen LogP contribution in [0.5, 0.6) is 0 Å². The van der Waals surface area contributed by atoms with Crippen LogP contribution in [-0.2, 0) is 9.84 Å². The van der Waals surface area contributed by atoms with Crippen molar-refractivity contribution in [3.63, 3.8) is 0 Å². The Bertz CT molecular complexity index is 47.2. The van der Waals surface area contributed by atoms with Crippen molar-refractivity contribution >= 4 is 0 Å². The zero-order valence-electron chi connectivity index (χ0n) is 6.47. The summed E-state index contributed by atoms with van der Waals surface area (Å²) < 4.78 is 5.00. The maximum absolute atomic E-state index is 9.88. The first kappa shape index (κ1) is 9.92. The van der Waals surface area contributed by atoms with Gasteiger partial charge < -0.3 is 4.74 Å². The van der Waals surface area contributed by atoms with Crippen LogP contribution < -0.4 is 0 Å². The second kappa shape index (κ2) is 8.92. The molecule has 0 heterocycles. The highest BCUT2D eigenvalue weighted by atomic mass is 16.5. The highest BCUT2D eigenvalue weighted by Gasteiger charge is 1.87. The van der Waals surface area contributed by atoms with E-state index in [1.807, 2.05) is 0 Å². The van der Waals surface area contributed by atoms with Crippen molar-refractivity contribution < 1.29 is 9.84 Å². The fourth-order valence-electron chi connectivity index (χ4n) is 0.719. The summed E-state index contributed by atoms with van der Waals surface area (Å²) in [7, 11) is 0. The second-order valence-corrected chi connectivity index (χ2v) is 2.23. The lowest BCUT2D eigenvalue weighted by Crippen LogP contribution is -1.99. The van der Waals surface area contributed by atoms with Gasteiger partial charge in [0.1, 0.15) is 6.61 Å². The number of ether oxygens (including phenoxy) is 1. The average molecular weight is 144 g/mol. The number of unbranched alkanes of at least 4 members (excludes halogenated alkanes) is 3. The van der Waals surface area contributed by atoms with Crippen LogP contribution in [0.3, 0.4) is 0 Å². The van der Waals surface area contributed by atoms with E-state index in [2.05, 4.69) is 6.92 Å². The summed E-state index contributed by atoms with van der Waals surface area (Å²) in [6, 6.07) is 0. The van der Waals surface area contributed by atoms with Gasteiger partial charge in [0.15, 0.2) is 0 Å². The number of hydrogen-bond donors (Lipinski definition) is 0. The van der Waals surface area contributed by atoms with Gasteiger partial charge in [0.2, 0.25) is 0 Å². The zero-order chi connectivity index (χ0) is 7.66. The van der Waals surface area contributed by atoms with Crippen molar-refractivity contribution in [2.45, 2.75) is 25.7 Å². The van der Waals surface area contributed by atoms with Crippen molar-refractivity contribution in [1.82, 2.24) is 0 Å². The van der Waals surface area contributed by atoms with Crippen LogP contribution in [0.15, 0.2) is 0 Å². The molecule has 0 aromatic heterocycles. The first-order chi connectivity index (χ1) is 4.91. The van der Waals surface area contributed by atoms with Crippen LogP contribution in [0.1, 0.15) is 25.7 Å². The van der Waals surface area contributed by atoms with Crippen LogP contribution in [0.4, 0.5) is 0 Å². The molecular formula is C8H16O2. The topological polar surface area (TPSA) is 29.1 Å².